The fourth-order valence-electron chi connectivity index (χ4n) is 2.27. The molecule has 4 N–H and O–H groups in total. The number of amidine groups is 1. The Bertz CT molecular complexity index is 863. The number of amides is 1. The summed E-state index contributed by atoms with van der Waals surface area (Å²) in [6.07, 6.45) is 1.51. The minimum absolute atomic E-state index is 0.0671. The average Bonchev–Trinajstić information content (AvgIpc) is 2.83. The number of rotatable bonds is 2. The lowest BCUT2D eigenvalue weighted by Gasteiger charge is -2.06. The van der Waals surface area contributed by atoms with E-state index in [1.807, 2.05) is 13.0 Å². The number of nitriles is 1. The molecule has 1 aliphatic rings. The molecule has 0 saturated carbocycles. The summed E-state index contributed by atoms with van der Waals surface area (Å²) in [5.74, 6) is -0.782. The van der Waals surface area contributed by atoms with Gasteiger partial charge < -0.3 is 20.9 Å². The monoisotopic (exact) mass is 385 g/mol. The molecule has 0 radical (unpaired) electrons. The average molecular weight is 385 g/mol. The van der Waals surface area contributed by atoms with Crippen LogP contribution in [0.3, 0.4) is 0 Å². The molecular formula is C19H20FN5O3. The van der Waals surface area contributed by atoms with Crippen LogP contribution in [0.5, 0.6) is 0 Å². The van der Waals surface area contributed by atoms with Crippen LogP contribution in [0.2, 0.25) is 0 Å². The number of hydrogen-bond donors (Lipinski definition) is 3. The van der Waals surface area contributed by atoms with E-state index in [-0.39, 0.29) is 30.2 Å². The number of aliphatic imine (C=N–C) groups is 1. The number of pyridine rings is 1. The Hall–Kier alpha value is -3.51. The Morgan fingerprint density at radius 2 is 2.07 bits per heavy atom. The fraction of sp³-hybridized carbons (Fsp3) is 0.263. The number of nitrogens with one attached hydrogen (secondary N) is 1. The Morgan fingerprint density at radius 1 is 1.36 bits per heavy atom. The standard InChI is InChI=1S/C13H8FN3O.C6H12N2O2/c14-10-2-4-11(5-3-10)17-13(18)12-6-1-9(7-15)8-16-12;1-4-2-5(9)3-10-6(7)8-4/h1-6,8H,(H,17,18);4-5,9H,2-3H2,1H3,(H2,7,8)/t;4-,5?/m.0/s1. The molecule has 1 aromatic heterocycles. The van der Waals surface area contributed by atoms with Crippen LogP contribution in [-0.4, -0.2) is 40.8 Å². The normalized spacial score (nSPS) is 18.3. The highest BCUT2D eigenvalue weighted by molar-refractivity contribution is 6.02. The Labute approximate surface area is 161 Å². The van der Waals surface area contributed by atoms with Crippen molar-refractivity contribution in [3.8, 4) is 6.07 Å². The van der Waals surface area contributed by atoms with E-state index in [9.17, 15) is 9.18 Å². The van der Waals surface area contributed by atoms with Crippen molar-refractivity contribution in [2.45, 2.75) is 25.5 Å². The first-order chi connectivity index (χ1) is 13.4. The largest absolute Gasteiger partial charge is 0.463 e. The molecule has 28 heavy (non-hydrogen) atoms. The third kappa shape index (κ3) is 6.66. The second-order valence-electron chi connectivity index (χ2n) is 6.02. The zero-order valence-electron chi connectivity index (χ0n) is 15.2. The third-order valence-electron chi connectivity index (χ3n) is 3.61. The van der Waals surface area contributed by atoms with Crippen molar-refractivity contribution in [2.24, 2.45) is 10.7 Å². The predicted molar refractivity (Wildman–Crippen MR) is 101 cm³/mol. The molecule has 0 spiro atoms. The van der Waals surface area contributed by atoms with Crippen LogP contribution in [0.25, 0.3) is 0 Å². The van der Waals surface area contributed by atoms with Crippen LogP contribution in [0.15, 0.2) is 47.6 Å². The maximum atomic E-state index is 12.7. The Morgan fingerprint density at radius 3 is 2.68 bits per heavy atom. The van der Waals surface area contributed by atoms with Gasteiger partial charge >= 0.3 is 0 Å². The molecule has 146 valence electrons. The van der Waals surface area contributed by atoms with Crippen LogP contribution in [0, 0.1) is 17.1 Å². The summed E-state index contributed by atoms with van der Waals surface area (Å²) in [6, 6.07) is 10.5. The molecule has 8 nitrogen and oxygen atoms in total. The first-order valence-corrected chi connectivity index (χ1v) is 8.44. The second-order valence-corrected chi connectivity index (χ2v) is 6.02. The van der Waals surface area contributed by atoms with E-state index in [2.05, 4.69) is 15.3 Å². The van der Waals surface area contributed by atoms with Gasteiger partial charge in [-0.1, -0.05) is 0 Å². The van der Waals surface area contributed by atoms with Crippen LogP contribution in [0.1, 0.15) is 29.4 Å². The van der Waals surface area contributed by atoms with Crippen LogP contribution in [0.4, 0.5) is 10.1 Å². The van der Waals surface area contributed by atoms with Crippen molar-refractivity contribution in [3.05, 3.63) is 59.7 Å². The van der Waals surface area contributed by atoms with Crippen molar-refractivity contribution in [1.82, 2.24) is 4.98 Å². The minimum Gasteiger partial charge on any atom is -0.463 e. The van der Waals surface area contributed by atoms with Gasteiger partial charge in [-0.15, -0.1) is 0 Å². The number of benzene rings is 1. The van der Waals surface area contributed by atoms with Crippen molar-refractivity contribution < 1.29 is 19.0 Å². The quantitative estimate of drug-likeness (QED) is 0.722. The topological polar surface area (TPSA) is 134 Å². The highest BCUT2D eigenvalue weighted by Crippen LogP contribution is 2.10. The lowest BCUT2D eigenvalue weighted by atomic mass is 10.2. The number of nitrogens with zero attached hydrogens (tertiary/aromatic N) is 3. The van der Waals surface area contributed by atoms with Crippen molar-refractivity contribution in [3.63, 3.8) is 0 Å². The van der Waals surface area contributed by atoms with Gasteiger partial charge in [-0.3, -0.25) is 4.79 Å². The zero-order valence-corrected chi connectivity index (χ0v) is 15.2. The third-order valence-corrected chi connectivity index (χ3v) is 3.61. The van der Waals surface area contributed by atoms with E-state index in [4.69, 9.17) is 20.8 Å². The summed E-state index contributed by atoms with van der Waals surface area (Å²) in [4.78, 5) is 19.5. The molecule has 2 heterocycles. The lowest BCUT2D eigenvalue weighted by molar-refractivity contribution is 0.0976. The molecular weight excluding hydrogens is 365 g/mol. The number of ether oxygens (including phenoxy) is 1. The van der Waals surface area contributed by atoms with E-state index in [0.717, 1.165) is 0 Å². The number of nitrogens with two attached hydrogens (primary N) is 1. The maximum absolute atomic E-state index is 12.7. The summed E-state index contributed by atoms with van der Waals surface area (Å²) in [7, 11) is 0. The molecule has 1 aromatic carbocycles. The molecule has 2 aromatic rings. The van der Waals surface area contributed by atoms with Gasteiger partial charge in [0.05, 0.1) is 17.7 Å². The van der Waals surface area contributed by atoms with Gasteiger partial charge in [-0.05, 0) is 49.7 Å². The van der Waals surface area contributed by atoms with Gasteiger partial charge in [0, 0.05) is 11.9 Å². The number of hydrogen-bond acceptors (Lipinski definition) is 7. The van der Waals surface area contributed by atoms with Crippen molar-refractivity contribution in [2.75, 3.05) is 11.9 Å². The SMILES string of the molecule is C[C@H]1CC(O)COC(N)=N1.N#Cc1ccc(C(=O)Nc2ccc(F)cc2)nc1. The van der Waals surface area contributed by atoms with Gasteiger partial charge in [-0.25, -0.2) is 14.4 Å². The van der Waals surface area contributed by atoms with Crippen LogP contribution >= 0.6 is 0 Å². The molecule has 1 unspecified atom stereocenters. The number of anilines is 1. The molecule has 0 fully saturated rings. The molecule has 9 heteroatoms. The minimum atomic E-state index is -0.431. The maximum Gasteiger partial charge on any atom is 0.282 e. The zero-order chi connectivity index (χ0) is 20.5. The number of carbonyl (C=O) groups excluding carboxylic acids is 1. The van der Waals surface area contributed by atoms with Gasteiger partial charge in [0.15, 0.2) is 0 Å². The smallest absolute Gasteiger partial charge is 0.282 e. The number of aromatic nitrogens is 1. The molecule has 1 aliphatic heterocycles. The van der Waals surface area contributed by atoms with Gasteiger partial charge in [0.2, 0.25) is 0 Å². The summed E-state index contributed by atoms with van der Waals surface area (Å²) in [6.45, 7) is 2.16. The first kappa shape index (κ1) is 20.8. The Balaban J connectivity index is 0.000000237. The van der Waals surface area contributed by atoms with Crippen LogP contribution in [-0.2, 0) is 4.74 Å². The molecule has 1 amide bonds. The number of aliphatic hydroxyl groups is 1. The van der Waals surface area contributed by atoms with Gasteiger partial charge in [-0.2, -0.15) is 5.26 Å². The van der Waals surface area contributed by atoms with Crippen molar-refractivity contribution in [1.29, 1.82) is 5.26 Å². The highest BCUT2D eigenvalue weighted by Gasteiger charge is 2.15. The summed E-state index contributed by atoms with van der Waals surface area (Å²) in [5, 5.41) is 20.3. The number of halogens is 1. The highest BCUT2D eigenvalue weighted by atomic mass is 19.1. The van der Waals surface area contributed by atoms with E-state index >= 15 is 0 Å². The molecule has 0 saturated heterocycles. The molecule has 3 rings (SSSR count). The predicted octanol–water partition coefficient (Wildman–Crippen LogP) is 1.82. The lowest BCUT2D eigenvalue weighted by Crippen LogP contribution is -2.20. The van der Waals surface area contributed by atoms with Gasteiger partial charge in [0.1, 0.15) is 24.2 Å². The van der Waals surface area contributed by atoms with Crippen molar-refractivity contribution >= 4 is 17.6 Å². The van der Waals surface area contributed by atoms with E-state index < -0.39 is 12.0 Å². The van der Waals surface area contributed by atoms with E-state index in [1.54, 1.807) is 0 Å². The summed E-state index contributed by atoms with van der Waals surface area (Å²) < 4.78 is 17.5. The Kier molecular flexibility index (Phi) is 7.42. The van der Waals surface area contributed by atoms with E-state index in [0.29, 0.717) is 17.7 Å². The number of carbonyl (C=O) groups is 1. The summed E-state index contributed by atoms with van der Waals surface area (Å²) >= 11 is 0. The second kappa shape index (κ2) is 9.99. The first-order valence-electron chi connectivity index (χ1n) is 8.44. The summed E-state index contributed by atoms with van der Waals surface area (Å²) in [5.41, 5.74) is 6.36. The molecule has 0 bridgehead atoms. The molecule has 0 aliphatic carbocycles. The molecule has 2 atom stereocenters. The van der Waals surface area contributed by atoms with Crippen LogP contribution < -0.4 is 11.1 Å². The number of aliphatic hydroxyl groups excluding tert-OH is 1. The fourth-order valence-corrected chi connectivity index (χ4v) is 2.27. The van der Waals surface area contributed by atoms with E-state index in [1.165, 1.54) is 42.6 Å². The van der Waals surface area contributed by atoms with Gasteiger partial charge in [0.25, 0.3) is 11.9 Å².